The van der Waals surface area contributed by atoms with Crippen LogP contribution in [0.25, 0.3) is 10.8 Å². The molecule has 0 aliphatic heterocycles. The van der Waals surface area contributed by atoms with Crippen molar-refractivity contribution in [3.8, 4) is 11.5 Å². The highest BCUT2D eigenvalue weighted by Crippen LogP contribution is 2.33. The van der Waals surface area contributed by atoms with Crippen molar-refractivity contribution >= 4 is 28.3 Å². The van der Waals surface area contributed by atoms with Gasteiger partial charge < -0.3 is 24.1 Å². The summed E-state index contributed by atoms with van der Waals surface area (Å²) in [6, 6.07) is 9.80. The van der Waals surface area contributed by atoms with E-state index in [4.69, 9.17) is 14.2 Å². The van der Waals surface area contributed by atoms with Gasteiger partial charge in [0.15, 0.2) is 11.5 Å². The maximum Gasteiger partial charge on any atom is 0.340 e. The summed E-state index contributed by atoms with van der Waals surface area (Å²) in [5, 5.41) is 3.55. The zero-order valence-electron chi connectivity index (χ0n) is 19.4. The number of anilines is 1. The van der Waals surface area contributed by atoms with Gasteiger partial charge in [0.1, 0.15) is 0 Å². The highest BCUT2D eigenvalue weighted by molar-refractivity contribution is 6.14. The van der Waals surface area contributed by atoms with Gasteiger partial charge in [-0.05, 0) is 37.1 Å². The molecule has 0 aliphatic carbocycles. The van der Waals surface area contributed by atoms with Gasteiger partial charge in [0.2, 0.25) is 0 Å². The molecule has 3 rings (SSSR count). The fourth-order valence-corrected chi connectivity index (χ4v) is 3.60. The van der Waals surface area contributed by atoms with Crippen LogP contribution in [0.3, 0.4) is 0 Å². The summed E-state index contributed by atoms with van der Waals surface area (Å²) in [6.45, 7) is 6.34. The largest absolute Gasteiger partial charge is 0.493 e. The third kappa shape index (κ3) is 5.00. The lowest BCUT2D eigenvalue weighted by Crippen LogP contribution is -2.26. The Labute approximate surface area is 192 Å². The van der Waals surface area contributed by atoms with Crippen LogP contribution < -0.4 is 20.3 Å². The molecule has 33 heavy (non-hydrogen) atoms. The van der Waals surface area contributed by atoms with E-state index in [1.807, 2.05) is 13.8 Å². The average Bonchev–Trinajstić information content (AvgIpc) is 2.80. The number of nitrogens with one attached hydrogen (secondary N) is 1. The molecule has 0 atom stereocenters. The van der Waals surface area contributed by atoms with E-state index in [9.17, 15) is 14.4 Å². The highest BCUT2D eigenvalue weighted by Gasteiger charge is 2.21. The van der Waals surface area contributed by atoms with E-state index in [1.54, 1.807) is 49.5 Å². The molecule has 1 N–H and O–H groups in total. The summed E-state index contributed by atoms with van der Waals surface area (Å²) in [4.78, 5) is 38.9. The maximum absolute atomic E-state index is 13.4. The molecule has 8 nitrogen and oxygen atoms in total. The smallest absolute Gasteiger partial charge is 0.340 e. The molecule has 0 radical (unpaired) electrons. The summed E-state index contributed by atoms with van der Waals surface area (Å²) >= 11 is 0. The van der Waals surface area contributed by atoms with Gasteiger partial charge in [0.05, 0.1) is 43.0 Å². The number of aromatic nitrogens is 1. The molecule has 1 amide bonds. The molecule has 0 bridgehead atoms. The first-order valence-electron chi connectivity index (χ1n) is 10.7. The molecule has 0 saturated heterocycles. The second-order valence-electron chi connectivity index (χ2n) is 7.87. The zero-order chi connectivity index (χ0) is 24.1. The molecular weight excluding hydrogens is 424 g/mol. The number of esters is 1. The predicted octanol–water partition coefficient (Wildman–Crippen LogP) is 4.10. The molecule has 0 unspecified atom stereocenters. The van der Waals surface area contributed by atoms with Crippen molar-refractivity contribution in [3.05, 3.63) is 64.1 Å². The van der Waals surface area contributed by atoms with Crippen molar-refractivity contribution in [2.75, 3.05) is 26.1 Å². The van der Waals surface area contributed by atoms with Crippen LogP contribution in [0, 0.1) is 5.92 Å². The third-order valence-electron chi connectivity index (χ3n) is 5.07. The van der Waals surface area contributed by atoms with Gasteiger partial charge in [-0.1, -0.05) is 26.0 Å². The summed E-state index contributed by atoms with van der Waals surface area (Å²) in [5.41, 5.74) is 0.593. The van der Waals surface area contributed by atoms with Crippen LogP contribution in [0.4, 0.5) is 5.69 Å². The van der Waals surface area contributed by atoms with E-state index in [2.05, 4.69) is 5.32 Å². The van der Waals surface area contributed by atoms with Crippen LogP contribution in [-0.4, -0.2) is 37.3 Å². The molecule has 0 aliphatic rings. The van der Waals surface area contributed by atoms with Crippen molar-refractivity contribution in [1.82, 2.24) is 4.57 Å². The Hall–Kier alpha value is -3.81. The normalized spacial score (nSPS) is 10.8. The van der Waals surface area contributed by atoms with Gasteiger partial charge in [0, 0.05) is 18.1 Å². The Kier molecular flexibility index (Phi) is 7.37. The second kappa shape index (κ2) is 10.2. The van der Waals surface area contributed by atoms with E-state index in [1.165, 1.54) is 18.8 Å². The molecule has 174 valence electrons. The minimum absolute atomic E-state index is 0.181. The maximum atomic E-state index is 13.4. The number of methoxy groups -OCH3 is 2. The quantitative estimate of drug-likeness (QED) is 0.517. The van der Waals surface area contributed by atoms with Crippen LogP contribution in [0.2, 0.25) is 0 Å². The number of amides is 1. The fraction of sp³-hybridized carbons (Fsp3) is 0.320. The van der Waals surface area contributed by atoms with Crippen LogP contribution >= 0.6 is 0 Å². The molecule has 8 heteroatoms. The highest BCUT2D eigenvalue weighted by atomic mass is 16.5. The molecule has 2 aromatic carbocycles. The summed E-state index contributed by atoms with van der Waals surface area (Å²) in [5.74, 6) is -0.0351. The number of para-hydroxylation sites is 1. The summed E-state index contributed by atoms with van der Waals surface area (Å²) in [6.07, 6.45) is 1.54. The van der Waals surface area contributed by atoms with E-state index in [0.29, 0.717) is 34.5 Å². The second-order valence-corrected chi connectivity index (χ2v) is 7.87. The minimum atomic E-state index is -0.533. The lowest BCUT2D eigenvalue weighted by molar-refractivity contribution is 0.0527. The monoisotopic (exact) mass is 452 g/mol. The topological polar surface area (TPSA) is 95.9 Å². The first-order valence-corrected chi connectivity index (χ1v) is 10.7. The number of carbonyl (C=O) groups excluding carboxylic acids is 2. The Balaban J connectivity index is 2.17. The number of benzene rings is 2. The van der Waals surface area contributed by atoms with Gasteiger partial charge in [-0.3, -0.25) is 9.59 Å². The molecule has 0 spiro atoms. The number of rotatable bonds is 8. The Morgan fingerprint density at radius 3 is 2.24 bits per heavy atom. The van der Waals surface area contributed by atoms with E-state index < -0.39 is 11.9 Å². The molecular formula is C25H28N2O6. The van der Waals surface area contributed by atoms with Gasteiger partial charge in [-0.15, -0.1) is 0 Å². The first-order chi connectivity index (χ1) is 15.8. The number of ether oxygens (including phenoxy) is 3. The average molecular weight is 453 g/mol. The van der Waals surface area contributed by atoms with Gasteiger partial charge in [-0.25, -0.2) is 4.79 Å². The number of carbonyl (C=O) groups is 2. The van der Waals surface area contributed by atoms with Crippen LogP contribution in [0.15, 0.2) is 47.4 Å². The number of pyridine rings is 1. The number of hydrogen-bond acceptors (Lipinski definition) is 6. The van der Waals surface area contributed by atoms with Crippen molar-refractivity contribution in [3.63, 3.8) is 0 Å². The lowest BCUT2D eigenvalue weighted by atomic mass is 10.0. The SMILES string of the molecule is CCOC(=O)c1ccccc1NC(=O)c1cn(CC(C)C)c(=O)c2cc(OC)c(OC)cc12. The van der Waals surface area contributed by atoms with Crippen molar-refractivity contribution in [2.45, 2.75) is 27.3 Å². The van der Waals surface area contributed by atoms with Crippen molar-refractivity contribution in [2.24, 2.45) is 5.92 Å². The molecule has 0 fully saturated rings. The lowest BCUT2D eigenvalue weighted by Gasteiger charge is -2.16. The van der Waals surface area contributed by atoms with Crippen molar-refractivity contribution < 1.29 is 23.8 Å². The summed E-state index contributed by atoms with van der Waals surface area (Å²) in [7, 11) is 2.97. The molecule has 1 heterocycles. The Morgan fingerprint density at radius 1 is 1.00 bits per heavy atom. The predicted molar refractivity (Wildman–Crippen MR) is 127 cm³/mol. The van der Waals surface area contributed by atoms with E-state index >= 15 is 0 Å². The Morgan fingerprint density at radius 2 is 1.64 bits per heavy atom. The van der Waals surface area contributed by atoms with E-state index in [0.717, 1.165) is 0 Å². The van der Waals surface area contributed by atoms with Gasteiger partial charge in [0.25, 0.3) is 11.5 Å². The van der Waals surface area contributed by atoms with Crippen LogP contribution in [0.5, 0.6) is 11.5 Å². The third-order valence-corrected chi connectivity index (χ3v) is 5.07. The van der Waals surface area contributed by atoms with Gasteiger partial charge >= 0.3 is 5.97 Å². The van der Waals surface area contributed by atoms with Crippen LogP contribution in [0.1, 0.15) is 41.5 Å². The molecule has 0 saturated carbocycles. The van der Waals surface area contributed by atoms with Gasteiger partial charge in [-0.2, -0.15) is 0 Å². The Bertz CT molecular complexity index is 1250. The fourth-order valence-electron chi connectivity index (χ4n) is 3.60. The molecule has 3 aromatic rings. The number of fused-ring (bicyclic) bond motifs is 1. The van der Waals surface area contributed by atoms with Crippen LogP contribution in [-0.2, 0) is 11.3 Å². The van der Waals surface area contributed by atoms with Crippen molar-refractivity contribution in [1.29, 1.82) is 0 Å². The molecule has 1 aromatic heterocycles. The van der Waals surface area contributed by atoms with E-state index in [-0.39, 0.29) is 29.2 Å². The standard InChI is InChI=1S/C25H28N2O6/c1-6-33-25(30)16-9-7-8-10-20(16)26-23(28)19-14-27(13-15(2)3)24(29)18-12-22(32-5)21(31-4)11-17(18)19/h7-12,14-15H,6,13H2,1-5H3,(H,26,28). The number of nitrogens with zero attached hydrogens (tertiary/aromatic N) is 1. The summed E-state index contributed by atoms with van der Waals surface area (Å²) < 4.78 is 17.4. The number of hydrogen-bond donors (Lipinski definition) is 1. The zero-order valence-corrected chi connectivity index (χ0v) is 19.4. The first kappa shape index (κ1) is 23.8. The minimum Gasteiger partial charge on any atom is -0.493 e.